The number of amides is 1. The average molecular weight is 348 g/mol. The number of thiazole rings is 1. The molecule has 1 fully saturated rings. The van der Waals surface area contributed by atoms with Gasteiger partial charge in [-0.1, -0.05) is 0 Å². The maximum atomic E-state index is 13.3. The third-order valence-corrected chi connectivity index (χ3v) is 4.99. The Bertz CT molecular complexity index is 705. The minimum absolute atomic E-state index is 0.100. The largest absolute Gasteiger partial charge is 0.302 e. The molecule has 7 heteroatoms. The molecule has 2 aromatic rings. The maximum Gasteiger partial charge on any atom is 0.223 e. The number of carbonyl (C=O) groups excluding carboxylic acids is 1. The van der Waals surface area contributed by atoms with Crippen LogP contribution < -0.4 is 5.32 Å². The third-order valence-electron chi connectivity index (χ3n) is 4.10. The van der Waals surface area contributed by atoms with E-state index in [2.05, 4.69) is 20.2 Å². The van der Waals surface area contributed by atoms with Crippen LogP contribution in [0.4, 0.5) is 9.52 Å². The van der Waals surface area contributed by atoms with E-state index in [1.54, 1.807) is 0 Å². The number of nitrogens with one attached hydrogen (secondary N) is 1. The number of pyridine rings is 1. The zero-order valence-corrected chi connectivity index (χ0v) is 14.5. The maximum absolute atomic E-state index is 13.3. The predicted molar refractivity (Wildman–Crippen MR) is 92.3 cm³/mol. The van der Waals surface area contributed by atoms with Gasteiger partial charge in [0.2, 0.25) is 5.91 Å². The van der Waals surface area contributed by atoms with Gasteiger partial charge in [0.15, 0.2) is 5.13 Å². The van der Waals surface area contributed by atoms with Gasteiger partial charge in [-0.2, -0.15) is 0 Å². The van der Waals surface area contributed by atoms with E-state index in [-0.39, 0.29) is 11.7 Å². The molecule has 3 rings (SSSR count). The van der Waals surface area contributed by atoms with Crippen molar-refractivity contribution < 1.29 is 9.18 Å². The average Bonchev–Trinajstić information content (AvgIpc) is 2.94. The van der Waals surface area contributed by atoms with Crippen LogP contribution in [0.25, 0.3) is 0 Å². The normalized spacial score (nSPS) is 18.5. The van der Waals surface area contributed by atoms with E-state index >= 15 is 0 Å². The monoisotopic (exact) mass is 348 g/mol. The van der Waals surface area contributed by atoms with Crippen molar-refractivity contribution in [3.05, 3.63) is 40.9 Å². The first-order valence-corrected chi connectivity index (χ1v) is 8.95. The summed E-state index contributed by atoms with van der Waals surface area (Å²) in [5, 5.41) is 3.36. The summed E-state index contributed by atoms with van der Waals surface area (Å²) in [6.45, 7) is 4.35. The van der Waals surface area contributed by atoms with Crippen molar-refractivity contribution in [1.82, 2.24) is 14.9 Å². The molecule has 0 aliphatic carbocycles. The van der Waals surface area contributed by atoms with E-state index < -0.39 is 0 Å². The molecule has 1 N–H and O–H groups in total. The second-order valence-corrected chi connectivity index (χ2v) is 7.34. The fourth-order valence-corrected chi connectivity index (χ4v) is 4.03. The lowest BCUT2D eigenvalue weighted by Gasteiger charge is -2.32. The molecule has 128 valence electrons. The van der Waals surface area contributed by atoms with Crippen LogP contribution in [0.15, 0.2) is 24.5 Å². The molecule has 0 spiro atoms. The molecule has 5 nitrogen and oxygen atoms in total. The van der Waals surface area contributed by atoms with Gasteiger partial charge in [0, 0.05) is 43.0 Å². The molecular formula is C17H21FN4OS. The van der Waals surface area contributed by atoms with Crippen molar-refractivity contribution in [3.63, 3.8) is 0 Å². The lowest BCUT2D eigenvalue weighted by Crippen LogP contribution is -2.35. The van der Waals surface area contributed by atoms with Crippen molar-refractivity contribution in [3.8, 4) is 0 Å². The Morgan fingerprint density at radius 3 is 3.17 bits per heavy atom. The topological polar surface area (TPSA) is 58.1 Å². The van der Waals surface area contributed by atoms with Crippen molar-refractivity contribution in [2.75, 3.05) is 18.4 Å². The summed E-state index contributed by atoms with van der Waals surface area (Å²) < 4.78 is 13.3. The lowest BCUT2D eigenvalue weighted by molar-refractivity contribution is -0.114. The molecule has 0 bridgehead atoms. The molecule has 0 aromatic carbocycles. The van der Waals surface area contributed by atoms with E-state index in [0.717, 1.165) is 49.5 Å². The van der Waals surface area contributed by atoms with Gasteiger partial charge in [-0.05, 0) is 43.9 Å². The summed E-state index contributed by atoms with van der Waals surface area (Å²) in [6, 6.07) is 2.91. The summed E-state index contributed by atoms with van der Waals surface area (Å²) in [5.41, 5.74) is 0.826. The number of halogens is 1. The molecule has 1 aliphatic heterocycles. The summed E-state index contributed by atoms with van der Waals surface area (Å²) in [4.78, 5) is 23.1. The molecule has 2 aromatic heterocycles. The van der Waals surface area contributed by atoms with E-state index in [4.69, 9.17) is 0 Å². The van der Waals surface area contributed by atoms with Gasteiger partial charge >= 0.3 is 0 Å². The van der Waals surface area contributed by atoms with Crippen molar-refractivity contribution in [1.29, 1.82) is 0 Å². The Morgan fingerprint density at radius 1 is 1.50 bits per heavy atom. The van der Waals surface area contributed by atoms with Crippen LogP contribution in [0.5, 0.6) is 0 Å². The SMILES string of the molecule is CC(=O)Nc1ncc(CN2CCC[C@@H](Cc3cc(F)ccn3)C2)s1. The number of hydrogen-bond acceptors (Lipinski definition) is 5. The Labute approximate surface area is 144 Å². The van der Waals surface area contributed by atoms with Gasteiger partial charge in [0.05, 0.1) is 0 Å². The minimum Gasteiger partial charge on any atom is -0.302 e. The fraction of sp³-hybridized carbons (Fsp3) is 0.471. The van der Waals surface area contributed by atoms with Gasteiger partial charge in [-0.3, -0.25) is 14.7 Å². The first-order chi connectivity index (χ1) is 11.6. The summed E-state index contributed by atoms with van der Waals surface area (Å²) in [6.07, 6.45) is 6.46. The van der Waals surface area contributed by atoms with Crippen LogP contribution in [0, 0.1) is 11.7 Å². The lowest BCUT2D eigenvalue weighted by atomic mass is 9.93. The van der Waals surface area contributed by atoms with Gasteiger partial charge in [-0.25, -0.2) is 9.37 Å². The molecule has 0 radical (unpaired) electrons. The first kappa shape index (κ1) is 17.0. The Hall–Kier alpha value is -1.86. The minimum atomic E-state index is -0.220. The summed E-state index contributed by atoms with van der Waals surface area (Å²) in [7, 11) is 0. The molecule has 24 heavy (non-hydrogen) atoms. The second kappa shape index (κ2) is 7.81. The number of piperidine rings is 1. The summed E-state index contributed by atoms with van der Waals surface area (Å²) >= 11 is 1.52. The summed E-state index contributed by atoms with van der Waals surface area (Å²) in [5.74, 6) is 0.176. The molecule has 3 heterocycles. The van der Waals surface area contributed by atoms with E-state index in [9.17, 15) is 9.18 Å². The van der Waals surface area contributed by atoms with Crippen LogP contribution in [-0.4, -0.2) is 33.9 Å². The highest BCUT2D eigenvalue weighted by atomic mass is 32.1. The first-order valence-electron chi connectivity index (χ1n) is 8.13. The smallest absolute Gasteiger partial charge is 0.223 e. The van der Waals surface area contributed by atoms with Crippen LogP contribution in [-0.2, 0) is 17.8 Å². The van der Waals surface area contributed by atoms with Gasteiger partial charge in [-0.15, -0.1) is 11.3 Å². The Morgan fingerprint density at radius 2 is 2.38 bits per heavy atom. The van der Waals surface area contributed by atoms with Crippen LogP contribution in [0.2, 0.25) is 0 Å². The highest BCUT2D eigenvalue weighted by Crippen LogP contribution is 2.25. The highest BCUT2D eigenvalue weighted by Gasteiger charge is 2.21. The van der Waals surface area contributed by atoms with Gasteiger partial charge in [0.25, 0.3) is 0 Å². The zero-order valence-electron chi connectivity index (χ0n) is 13.7. The Kier molecular flexibility index (Phi) is 5.52. The van der Waals surface area contributed by atoms with Crippen LogP contribution in [0.3, 0.4) is 0 Å². The number of rotatable bonds is 5. The number of anilines is 1. The molecule has 1 amide bonds. The highest BCUT2D eigenvalue weighted by molar-refractivity contribution is 7.15. The number of nitrogens with zero attached hydrogens (tertiary/aromatic N) is 3. The van der Waals surface area contributed by atoms with Crippen molar-refractivity contribution in [2.45, 2.75) is 32.7 Å². The second-order valence-electron chi connectivity index (χ2n) is 6.23. The number of aromatic nitrogens is 2. The number of hydrogen-bond donors (Lipinski definition) is 1. The van der Waals surface area contributed by atoms with E-state index in [1.807, 2.05) is 6.20 Å². The molecule has 1 saturated heterocycles. The molecular weight excluding hydrogens is 327 g/mol. The van der Waals surface area contributed by atoms with Gasteiger partial charge in [0.1, 0.15) is 5.82 Å². The molecule has 0 saturated carbocycles. The van der Waals surface area contributed by atoms with Crippen LogP contribution in [0.1, 0.15) is 30.3 Å². The number of carbonyl (C=O) groups is 1. The van der Waals surface area contributed by atoms with Gasteiger partial charge < -0.3 is 5.32 Å². The molecule has 1 aliphatic rings. The molecule has 0 unspecified atom stereocenters. The van der Waals surface area contributed by atoms with E-state index in [1.165, 1.54) is 36.6 Å². The zero-order chi connectivity index (χ0) is 16.9. The quantitative estimate of drug-likeness (QED) is 0.902. The van der Waals surface area contributed by atoms with Crippen molar-refractivity contribution in [2.24, 2.45) is 5.92 Å². The van der Waals surface area contributed by atoms with E-state index in [0.29, 0.717) is 11.0 Å². The Balaban J connectivity index is 1.55. The van der Waals surface area contributed by atoms with Crippen molar-refractivity contribution >= 4 is 22.4 Å². The standard InChI is InChI=1S/C17H21FN4OS/c1-12(23)21-17-20-9-16(24-17)11-22-6-2-3-13(10-22)7-15-8-14(18)4-5-19-15/h4-5,8-9,13H,2-3,6-7,10-11H2,1H3,(H,20,21,23)/t13-/m0/s1. The predicted octanol–water partition coefficient (Wildman–Crippen LogP) is 3.09. The molecule has 1 atom stereocenters. The number of likely N-dealkylation sites (tertiary alicyclic amines) is 1. The fourth-order valence-electron chi connectivity index (χ4n) is 3.13. The van der Waals surface area contributed by atoms with Crippen LogP contribution >= 0.6 is 11.3 Å². The third kappa shape index (κ3) is 4.82.